The summed E-state index contributed by atoms with van der Waals surface area (Å²) in [7, 11) is 0. The first-order chi connectivity index (χ1) is 11.0. The lowest BCUT2D eigenvalue weighted by atomic mass is 9.92. The Bertz CT molecular complexity index is 822. The summed E-state index contributed by atoms with van der Waals surface area (Å²) in [5, 5.41) is 0. The Morgan fingerprint density at radius 2 is 2.09 bits per heavy atom. The van der Waals surface area contributed by atoms with Gasteiger partial charge in [-0.25, -0.2) is 0 Å². The van der Waals surface area contributed by atoms with E-state index in [9.17, 15) is 4.79 Å². The van der Waals surface area contributed by atoms with E-state index in [1.165, 1.54) is 0 Å². The monoisotopic (exact) mass is 307 g/mol. The molecule has 0 saturated heterocycles. The van der Waals surface area contributed by atoms with Crippen LogP contribution in [-0.4, -0.2) is 16.4 Å². The highest BCUT2D eigenvalue weighted by Gasteiger charge is 2.35. The third-order valence-electron chi connectivity index (χ3n) is 4.23. The van der Waals surface area contributed by atoms with E-state index in [4.69, 9.17) is 9.47 Å². The van der Waals surface area contributed by atoms with Gasteiger partial charge in [0.25, 0.3) is 0 Å². The van der Waals surface area contributed by atoms with Crippen LogP contribution in [0.3, 0.4) is 0 Å². The van der Waals surface area contributed by atoms with E-state index < -0.39 is 0 Å². The maximum Gasteiger partial charge on any atom is 0.232 e. The Balaban J connectivity index is 1.74. The van der Waals surface area contributed by atoms with E-state index in [2.05, 4.69) is 18.8 Å². The average Bonchev–Trinajstić information content (AvgIpc) is 2.84. The second kappa shape index (κ2) is 4.95. The molecule has 1 aromatic carbocycles. The number of Topliss-reactive ketones (excluding diaryl/α,β-unsaturated/α-hetero) is 1. The fourth-order valence-corrected chi connectivity index (χ4v) is 2.99. The van der Waals surface area contributed by atoms with Crippen LogP contribution in [0.5, 0.6) is 11.5 Å². The van der Waals surface area contributed by atoms with E-state index in [0.29, 0.717) is 22.8 Å². The number of carbonyl (C=O) groups is 1. The van der Waals surface area contributed by atoms with Crippen molar-refractivity contribution < 1.29 is 14.3 Å². The summed E-state index contributed by atoms with van der Waals surface area (Å²) < 4.78 is 11.9. The van der Waals surface area contributed by atoms with Crippen LogP contribution in [0.1, 0.15) is 41.9 Å². The Hall–Kier alpha value is -2.62. The van der Waals surface area contributed by atoms with E-state index in [0.717, 1.165) is 24.2 Å². The summed E-state index contributed by atoms with van der Waals surface area (Å²) in [6.45, 7) is 4.14. The van der Waals surface area contributed by atoms with Gasteiger partial charge in [-0.2, -0.15) is 0 Å². The number of aromatic nitrogens is 1. The predicted octanol–water partition coefficient (Wildman–Crippen LogP) is 3.80. The Morgan fingerprint density at radius 3 is 2.87 bits per heavy atom. The van der Waals surface area contributed by atoms with E-state index in [1.54, 1.807) is 18.3 Å². The lowest BCUT2D eigenvalue weighted by Gasteiger charge is -2.33. The van der Waals surface area contributed by atoms with Crippen molar-refractivity contribution in [2.75, 3.05) is 0 Å². The molecule has 0 radical (unpaired) electrons. The number of ketones is 1. The fraction of sp³-hybridized carbons (Fsp3) is 0.263. The molecule has 1 aromatic heterocycles. The number of hydrogen-bond acceptors (Lipinski definition) is 4. The second-order valence-corrected chi connectivity index (χ2v) is 6.48. The van der Waals surface area contributed by atoms with Crippen LogP contribution in [0.2, 0.25) is 0 Å². The average molecular weight is 307 g/mol. The normalized spacial score (nSPS) is 19.7. The Labute approximate surface area is 134 Å². The van der Waals surface area contributed by atoms with Gasteiger partial charge in [-0.05, 0) is 51.0 Å². The highest BCUT2D eigenvalue weighted by Crippen LogP contribution is 2.44. The molecule has 2 aliphatic heterocycles. The first-order valence-electron chi connectivity index (χ1n) is 7.74. The minimum absolute atomic E-state index is 0.0988. The van der Waals surface area contributed by atoms with Gasteiger partial charge < -0.3 is 9.47 Å². The quantitative estimate of drug-likeness (QED) is 0.752. The topological polar surface area (TPSA) is 48.4 Å². The molecule has 0 N–H and O–H groups in total. The number of carbonyl (C=O) groups excluding carboxylic acids is 1. The summed E-state index contributed by atoms with van der Waals surface area (Å²) in [5.74, 6) is 1.67. The molecule has 23 heavy (non-hydrogen) atoms. The number of benzene rings is 1. The highest BCUT2D eigenvalue weighted by atomic mass is 16.5. The SMILES string of the molecule is CC1(C)CCc2c(ccc3c2O/C(=C\c2ccccn2)C3=O)O1. The summed E-state index contributed by atoms with van der Waals surface area (Å²) in [6.07, 6.45) is 5.11. The zero-order chi connectivity index (χ0) is 16.0. The summed E-state index contributed by atoms with van der Waals surface area (Å²) in [5.41, 5.74) is 2.11. The van der Waals surface area contributed by atoms with Gasteiger partial charge in [0.05, 0.1) is 11.3 Å². The van der Waals surface area contributed by atoms with Gasteiger partial charge >= 0.3 is 0 Å². The van der Waals surface area contributed by atoms with Gasteiger partial charge in [-0.1, -0.05) is 6.07 Å². The molecule has 0 spiro atoms. The zero-order valence-electron chi connectivity index (χ0n) is 13.1. The smallest absolute Gasteiger partial charge is 0.232 e. The lowest BCUT2D eigenvalue weighted by molar-refractivity contribution is 0.0838. The van der Waals surface area contributed by atoms with Crippen molar-refractivity contribution in [3.8, 4) is 11.5 Å². The first kappa shape index (κ1) is 14.0. The third-order valence-corrected chi connectivity index (χ3v) is 4.23. The molecule has 0 fully saturated rings. The minimum atomic E-state index is -0.184. The maximum atomic E-state index is 12.6. The number of pyridine rings is 1. The molecule has 0 aliphatic carbocycles. The Kier molecular flexibility index (Phi) is 3.01. The number of rotatable bonds is 1. The number of hydrogen-bond donors (Lipinski definition) is 0. The van der Waals surface area contributed by atoms with Crippen molar-refractivity contribution in [3.05, 3.63) is 59.1 Å². The largest absolute Gasteiger partial charge is 0.487 e. The number of ether oxygens (including phenoxy) is 2. The molecule has 2 aliphatic rings. The number of allylic oxidation sites excluding steroid dienone is 1. The molecule has 4 nitrogen and oxygen atoms in total. The molecule has 2 aromatic rings. The van der Waals surface area contributed by atoms with Gasteiger partial charge in [0.2, 0.25) is 5.78 Å². The van der Waals surface area contributed by atoms with Gasteiger partial charge in [0, 0.05) is 17.8 Å². The van der Waals surface area contributed by atoms with Crippen LogP contribution >= 0.6 is 0 Å². The van der Waals surface area contributed by atoms with E-state index in [1.807, 2.05) is 24.3 Å². The van der Waals surface area contributed by atoms with Crippen LogP contribution < -0.4 is 9.47 Å². The number of fused-ring (bicyclic) bond motifs is 3. The van der Waals surface area contributed by atoms with Crippen molar-refractivity contribution in [2.24, 2.45) is 0 Å². The highest BCUT2D eigenvalue weighted by molar-refractivity contribution is 6.14. The van der Waals surface area contributed by atoms with Crippen molar-refractivity contribution >= 4 is 11.9 Å². The Morgan fingerprint density at radius 1 is 1.22 bits per heavy atom. The maximum absolute atomic E-state index is 12.6. The molecule has 116 valence electrons. The van der Waals surface area contributed by atoms with Crippen molar-refractivity contribution in [1.82, 2.24) is 4.98 Å². The van der Waals surface area contributed by atoms with Crippen LogP contribution in [0.4, 0.5) is 0 Å². The second-order valence-electron chi connectivity index (χ2n) is 6.48. The van der Waals surface area contributed by atoms with Crippen LogP contribution in [0, 0.1) is 0 Å². The van der Waals surface area contributed by atoms with E-state index in [-0.39, 0.29) is 11.4 Å². The van der Waals surface area contributed by atoms with Gasteiger partial charge in [0.15, 0.2) is 5.76 Å². The molecule has 4 rings (SSSR count). The summed E-state index contributed by atoms with van der Waals surface area (Å²) >= 11 is 0. The molecule has 3 heterocycles. The van der Waals surface area contributed by atoms with Crippen LogP contribution in [0.15, 0.2) is 42.3 Å². The fourth-order valence-electron chi connectivity index (χ4n) is 2.99. The predicted molar refractivity (Wildman–Crippen MR) is 86.6 cm³/mol. The molecule has 0 bridgehead atoms. The van der Waals surface area contributed by atoms with Crippen molar-refractivity contribution in [1.29, 1.82) is 0 Å². The molecular weight excluding hydrogens is 290 g/mol. The molecule has 4 heteroatoms. The lowest BCUT2D eigenvalue weighted by Crippen LogP contribution is -2.32. The number of nitrogens with zero attached hydrogens (tertiary/aromatic N) is 1. The van der Waals surface area contributed by atoms with Crippen molar-refractivity contribution in [2.45, 2.75) is 32.3 Å². The van der Waals surface area contributed by atoms with E-state index >= 15 is 0 Å². The first-order valence-corrected chi connectivity index (χ1v) is 7.74. The molecule has 0 atom stereocenters. The molecular formula is C19H17NO3. The third kappa shape index (κ3) is 2.40. The van der Waals surface area contributed by atoms with Gasteiger partial charge in [-0.15, -0.1) is 0 Å². The standard InChI is InChI=1S/C19H17NO3/c1-19(2)9-8-13-15(23-19)7-6-14-17(21)16(22-18(13)14)11-12-5-3-4-10-20-12/h3-7,10-11H,8-9H2,1-2H3/b16-11-. The van der Waals surface area contributed by atoms with Gasteiger partial charge in [0.1, 0.15) is 17.1 Å². The molecule has 0 saturated carbocycles. The van der Waals surface area contributed by atoms with Crippen LogP contribution in [0.25, 0.3) is 6.08 Å². The summed E-state index contributed by atoms with van der Waals surface area (Å²) in [6, 6.07) is 9.22. The summed E-state index contributed by atoms with van der Waals surface area (Å²) in [4.78, 5) is 16.8. The minimum Gasteiger partial charge on any atom is -0.487 e. The molecule has 0 unspecified atom stereocenters. The van der Waals surface area contributed by atoms with Crippen LogP contribution in [-0.2, 0) is 6.42 Å². The van der Waals surface area contributed by atoms with Crippen molar-refractivity contribution in [3.63, 3.8) is 0 Å². The van der Waals surface area contributed by atoms with Gasteiger partial charge in [-0.3, -0.25) is 9.78 Å². The zero-order valence-corrected chi connectivity index (χ0v) is 13.1. The molecule has 0 amide bonds.